The van der Waals surface area contributed by atoms with Gasteiger partial charge in [-0.25, -0.2) is 8.42 Å². The summed E-state index contributed by atoms with van der Waals surface area (Å²) in [5.41, 5.74) is 1.67. The number of fused-ring (bicyclic) bond motifs is 1. The number of amides is 1. The van der Waals surface area contributed by atoms with Gasteiger partial charge < -0.3 is 14.8 Å². The highest BCUT2D eigenvalue weighted by molar-refractivity contribution is 7.89. The normalized spacial score (nSPS) is 14.4. The molecule has 0 saturated heterocycles. The van der Waals surface area contributed by atoms with Gasteiger partial charge >= 0.3 is 0 Å². The van der Waals surface area contributed by atoms with Gasteiger partial charge in [0.25, 0.3) is 0 Å². The lowest BCUT2D eigenvalue weighted by Crippen LogP contribution is -2.30. The van der Waals surface area contributed by atoms with Crippen molar-refractivity contribution in [3.63, 3.8) is 0 Å². The number of benzene rings is 2. The van der Waals surface area contributed by atoms with Crippen LogP contribution in [0.4, 0.5) is 0 Å². The standard InChI is InChI=1S/C22H28N2O5S/c1-4-24(5-2)30(26,27)19-9-7-18(8-10-19)16(3)23-22(25)15-17-6-11-20-21(14-17)29-13-12-28-20/h6-11,14,16H,4-5,12-13,15H2,1-3H3,(H,23,25)/t16-/m0/s1. The number of hydrogen-bond donors (Lipinski definition) is 1. The second-order valence-corrected chi connectivity index (χ2v) is 9.04. The molecule has 1 aliphatic rings. The molecule has 0 aromatic heterocycles. The zero-order chi connectivity index (χ0) is 21.7. The van der Waals surface area contributed by atoms with Crippen LogP contribution in [-0.2, 0) is 21.2 Å². The van der Waals surface area contributed by atoms with Crippen LogP contribution >= 0.6 is 0 Å². The number of nitrogens with zero attached hydrogens (tertiary/aromatic N) is 1. The maximum atomic E-state index is 12.6. The number of carbonyl (C=O) groups excluding carboxylic acids is 1. The van der Waals surface area contributed by atoms with E-state index < -0.39 is 10.0 Å². The van der Waals surface area contributed by atoms with E-state index in [2.05, 4.69) is 5.32 Å². The molecule has 1 aliphatic heterocycles. The van der Waals surface area contributed by atoms with Crippen molar-refractivity contribution in [2.75, 3.05) is 26.3 Å². The molecule has 0 spiro atoms. The first-order chi connectivity index (χ1) is 14.3. The Morgan fingerprint density at radius 2 is 1.67 bits per heavy atom. The van der Waals surface area contributed by atoms with Gasteiger partial charge in [0, 0.05) is 13.1 Å². The first kappa shape index (κ1) is 22.1. The summed E-state index contributed by atoms with van der Waals surface area (Å²) in [6.45, 7) is 7.37. The predicted molar refractivity (Wildman–Crippen MR) is 114 cm³/mol. The van der Waals surface area contributed by atoms with Crippen LogP contribution in [0.25, 0.3) is 0 Å². The lowest BCUT2D eigenvalue weighted by atomic mass is 10.1. The van der Waals surface area contributed by atoms with Crippen LogP contribution in [0.15, 0.2) is 47.4 Å². The van der Waals surface area contributed by atoms with E-state index in [4.69, 9.17) is 9.47 Å². The summed E-state index contributed by atoms with van der Waals surface area (Å²) >= 11 is 0. The largest absolute Gasteiger partial charge is 0.486 e. The zero-order valence-electron chi connectivity index (χ0n) is 17.6. The van der Waals surface area contributed by atoms with Crippen molar-refractivity contribution in [1.82, 2.24) is 9.62 Å². The highest BCUT2D eigenvalue weighted by atomic mass is 32.2. The summed E-state index contributed by atoms with van der Waals surface area (Å²) in [6, 6.07) is 11.9. The first-order valence-corrected chi connectivity index (χ1v) is 11.6. The number of ether oxygens (including phenoxy) is 2. The van der Waals surface area contributed by atoms with Gasteiger partial charge in [0.15, 0.2) is 11.5 Å². The molecule has 162 valence electrons. The van der Waals surface area contributed by atoms with E-state index in [1.165, 1.54) is 4.31 Å². The molecule has 7 nitrogen and oxygen atoms in total. The van der Waals surface area contributed by atoms with E-state index in [1.807, 2.05) is 39.0 Å². The molecule has 0 aliphatic carbocycles. The third-order valence-electron chi connectivity index (χ3n) is 5.07. The third kappa shape index (κ3) is 4.94. The SMILES string of the molecule is CCN(CC)S(=O)(=O)c1ccc([C@H](C)NC(=O)Cc2ccc3c(c2)OCCO3)cc1. The number of nitrogens with one attached hydrogen (secondary N) is 1. The van der Waals surface area contributed by atoms with Crippen molar-refractivity contribution < 1.29 is 22.7 Å². The Balaban J connectivity index is 1.63. The van der Waals surface area contributed by atoms with Crippen LogP contribution in [0, 0.1) is 0 Å². The fourth-order valence-corrected chi connectivity index (χ4v) is 4.86. The maximum Gasteiger partial charge on any atom is 0.243 e. The monoisotopic (exact) mass is 432 g/mol. The molecule has 3 rings (SSSR count). The van der Waals surface area contributed by atoms with Gasteiger partial charge in [0.05, 0.1) is 17.4 Å². The van der Waals surface area contributed by atoms with E-state index >= 15 is 0 Å². The molecule has 0 fully saturated rings. The molecule has 8 heteroatoms. The van der Waals surface area contributed by atoms with Crippen LogP contribution in [0.5, 0.6) is 11.5 Å². The van der Waals surface area contributed by atoms with E-state index in [9.17, 15) is 13.2 Å². The number of carbonyl (C=O) groups is 1. The highest BCUT2D eigenvalue weighted by Gasteiger charge is 2.22. The molecular weight excluding hydrogens is 404 g/mol. The second kappa shape index (κ2) is 9.49. The molecule has 0 bridgehead atoms. The molecule has 0 radical (unpaired) electrons. The van der Waals surface area contributed by atoms with E-state index in [0.29, 0.717) is 37.8 Å². The smallest absolute Gasteiger partial charge is 0.243 e. The van der Waals surface area contributed by atoms with Crippen LogP contribution in [0.1, 0.15) is 37.9 Å². The first-order valence-electron chi connectivity index (χ1n) is 10.1. The van der Waals surface area contributed by atoms with Gasteiger partial charge in [-0.2, -0.15) is 4.31 Å². The van der Waals surface area contributed by atoms with Crippen LogP contribution in [0.3, 0.4) is 0 Å². The molecule has 0 unspecified atom stereocenters. The Hall–Kier alpha value is -2.58. The fraction of sp³-hybridized carbons (Fsp3) is 0.409. The van der Waals surface area contributed by atoms with Crippen molar-refractivity contribution in [3.8, 4) is 11.5 Å². The molecule has 1 amide bonds. The summed E-state index contributed by atoms with van der Waals surface area (Å²) in [5, 5.41) is 2.96. The average molecular weight is 433 g/mol. The Morgan fingerprint density at radius 1 is 1.03 bits per heavy atom. The van der Waals surface area contributed by atoms with Crippen molar-refractivity contribution in [2.45, 2.75) is 38.1 Å². The van der Waals surface area contributed by atoms with Gasteiger partial charge in [-0.05, 0) is 42.3 Å². The van der Waals surface area contributed by atoms with E-state index in [0.717, 1.165) is 11.1 Å². The number of rotatable bonds is 8. The lowest BCUT2D eigenvalue weighted by molar-refractivity contribution is -0.121. The van der Waals surface area contributed by atoms with Crippen molar-refractivity contribution in [2.24, 2.45) is 0 Å². The third-order valence-corrected chi connectivity index (χ3v) is 7.14. The predicted octanol–water partition coefficient (Wildman–Crippen LogP) is 2.91. The van der Waals surface area contributed by atoms with Gasteiger partial charge in [-0.15, -0.1) is 0 Å². The maximum absolute atomic E-state index is 12.6. The summed E-state index contributed by atoms with van der Waals surface area (Å²) < 4.78 is 37.7. The second-order valence-electron chi connectivity index (χ2n) is 7.10. The minimum Gasteiger partial charge on any atom is -0.486 e. The molecule has 1 heterocycles. The summed E-state index contributed by atoms with van der Waals surface area (Å²) in [5.74, 6) is 1.22. The van der Waals surface area contributed by atoms with E-state index in [-0.39, 0.29) is 23.3 Å². The Morgan fingerprint density at radius 3 is 2.30 bits per heavy atom. The molecule has 1 N–H and O–H groups in total. The molecule has 0 saturated carbocycles. The molecular formula is C22H28N2O5S. The van der Waals surface area contributed by atoms with Crippen molar-refractivity contribution >= 4 is 15.9 Å². The van der Waals surface area contributed by atoms with E-state index in [1.54, 1.807) is 24.3 Å². The van der Waals surface area contributed by atoms with Gasteiger partial charge in [-0.1, -0.05) is 32.0 Å². The van der Waals surface area contributed by atoms with Crippen LogP contribution < -0.4 is 14.8 Å². The molecule has 30 heavy (non-hydrogen) atoms. The minimum absolute atomic E-state index is 0.126. The van der Waals surface area contributed by atoms with Crippen LogP contribution in [-0.4, -0.2) is 44.9 Å². The molecule has 2 aromatic rings. The summed E-state index contributed by atoms with van der Waals surface area (Å²) in [4.78, 5) is 12.7. The van der Waals surface area contributed by atoms with Crippen molar-refractivity contribution in [1.29, 1.82) is 0 Å². The summed E-state index contributed by atoms with van der Waals surface area (Å²) in [6.07, 6.45) is 0.218. The summed E-state index contributed by atoms with van der Waals surface area (Å²) in [7, 11) is -3.49. The molecule has 2 aromatic carbocycles. The average Bonchev–Trinajstić information content (AvgIpc) is 2.74. The zero-order valence-corrected chi connectivity index (χ0v) is 18.4. The van der Waals surface area contributed by atoms with Crippen molar-refractivity contribution in [3.05, 3.63) is 53.6 Å². The lowest BCUT2D eigenvalue weighted by Gasteiger charge is -2.20. The Kier molecular flexibility index (Phi) is 6.99. The Labute approximate surface area is 178 Å². The van der Waals surface area contributed by atoms with Crippen LogP contribution in [0.2, 0.25) is 0 Å². The quantitative estimate of drug-likeness (QED) is 0.693. The van der Waals surface area contributed by atoms with Gasteiger partial charge in [0.2, 0.25) is 15.9 Å². The fourth-order valence-electron chi connectivity index (χ4n) is 3.40. The highest BCUT2D eigenvalue weighted by Crippen LogP contribution is 2.31. The molecule has 1 atom stereocenters. The minimum atomic E-state index is -3.49. The van der Waals surface area contributed by atoms with Gasteiger partial charge in [0.1, 0.15) is 13.2 Å². The van der Waals surface area contributed by atoms with Gasteiger partial charge in [-0.3, -0.25) is 4.79 Å². The number of hydrogen-bond acceptors (Lipinski definition) is 5. The Bertz CT molecular complexity index is 985. The topological polar surface area (TPSA) is 84.9 Å². The number of sulfonamides is 1.